The fourth-order valence-corrected chi connectivity index (χ4v) is 3.25. The zero-order valence-corrected chi connectivity index (χ0v) is 14.8. The van der Waals surface area contributed by atoms with Crippen LogP contribution in [0.2, 0.25) is 0 Å². The summed E-state index contributed by atoms with van der Waals surface area (Å²) >= 11 is 0. The molecule has 1 aliphatic rings. The van der Waals surface area contributed by atoms with Crippen LogP contribution in [0.1, 0.15) is 12.0 Å². The van der Waals surface area contributed by atoms with E-state index in [9.17, 15) is 18.0 Å². The molecule has 0 N–H and O–H groups in total. The molecule has 3 aromatic rings. The van der Waals surface area contributed by atoms with Crippen molar-refractivity contribution in [2.45, 2.75) is 25.2 Å². The number of benzene rings is 1. The summed E-state index contributed by atoms with van der Waals surface area (Å²) in [6.45, 7) is 0.938. The second-order valence-electron chi connectivity index (χ2n) is 6.61. The van der Waals surface area contributed by atoms with E-state index in [1.807, 2.05) is 24.3 Å². The lowest BCUT2D eigenvalue weighted by molar-refractivity contribution is -0.137. The van der Waals surface area contributed by atoms with Crippen molar-refractivity contribution >= 4 is 16.9 Å². The van der Waals surface area contributed by atoms with Gasteiger partial charge in [-0.25, -0.2) is 9.97 Å². The number of imidazole rings is 1. The normalized spacial score (nSPS) is 17.2. The first-order valence-electron chi connectivity index (χ1n) is 8.78. The SMILES string of the molecule is O=C(Cn1cnc2ccccc21)N1CCC(Oc2cc(C(F)(F)F)ccn2)C1. The van der Waals surface area contributed by atoms with Crippen LogP contribution in [0.4, 0.5) is 13.2 Å². The van der Waals surface area contributed by atoms with Gasteiger partial charge in [-0.2, -0.15) is 13.2 Å². The lowest BCUT2D eigenvalue weighted by Gasteiger charge is -2.18. The van der Waals surface area contributed by atoms with Crippen molar-refractivity contribution in [3.63, 3.8) is 0 Å². The number of halogens is 3. The van der Waals surface area contributed by atoms with Gasteiger partial charge in [-0.15, -0.1) is 0 Å². The van der Waals surface area contributed by atoms with Crippen LogP contribution >= 0.6 is 0 Å². The van der Waals surface area contributed by atoms with Crippen LogP contribution in [-0.2, 0) is 17.5 Å². The van der Waals surface area contributed by atoms with Gasteiger partial charge in [0, 0.05) is 25.2 Å². The quantitative estimate of drug-likeness (QED) is 0.687. The first-order valence-corrected chi connectivity index (χ1v) is 8.78. The number of fused-ring (bicyclic) bond motifs is 1. The molecule has 1 aromatic carbocycles. The third-order valence-electron chi connectivity index (χ3n) is 4.68. The number of nitrogens with zero attached hydrogens (tertiary/aromatic N) is 4. The number of ether oxygens (including phenoxy) is 1. The summed E-state index contributed by atoms with van der Waals surface area (Å²) in [6.07, 6.45) is -1.61. The highest BCUT2D eigenvalue weighted by Gasteiger charge is 2.32. The van der Waals surface area contributed by atoms with Crippen molar-refractivity contribution in [1.82, 2.24) is 19.4 Å². The molecule has 1 atom stereocenters. The molecule has 1 aliphatic heterocycles. The fraction of sp³-hybridized carbons (Fsp3) is 0.316. The number of rotatable bonds is 4. The Morgan fingerprint density at radius 2 is 2.04 bits per heavy atom. The third-order valence-corrected chi connectivity index (χ3v) is 4.68. The minimum atomic E-state index is -4.45. The number of hydrogen-bond donors (Lipinski definition) is 0. The van der Waals surface area contributed by atoms with E-state index in [1.54, 1.807) is 15.8 Å². The second-order valence-corrected chi connectivity index (χ2v) is 6.61. The molecule has 0 bridgehead atoms. The maximum atomic E-state index is 12.8. The molecular formula is C19H17F3N4O2. The molecule has 0 radical (unpaired) electrons. The van der Waals surface area contributed by atoms with Gasteiger partial charge >= 0.3 is 6.18 Å². The van der Waals surface area contributed by atoms with E-state index in [-0.39, 0.29) is 24.4 Å². The van der Waals surface area contributed by atoms with Crippen LogP contribution in [0.25, 0.3) is 11.0 Å². The Morgan fingerprint density at radius 3 is 2.86 bits per heavy atom. The number of carbonyl (C=O) groups excluding carboxylic acids is 1. The first-order chi connectivity index (χ1) is 13.4. The summed E-state index contributed by atoms with van der Waals surface area (Å²) < 4.78 is 45.7. The van der Waals surface area contributed by atoms with Crippen LogP contribution < -0.4 is 4.74 Å². The van der Waals surface area contributed by atoms with Crippen molar-refractivity contribution < 1.29 is 22.7 Å². The van der Waals surface area contributed by atoms with Crippen molar-refractivity contribution in [1.29, 1.82) is 0 Å². The lowest BCUT2D eigenvalue weighted by Crippen LogP contribution is -2.33. The Hall–Kier alpha value is -3.10. The molecule has 0 saturated carbocycles. The van der Waals surface area contributed by atoms with Gasteiger partial charge in [0.25, 0.3) is 0 Å². The van der Waals surface area contributed by atoms with Gasteiger partial charge in [0.05, 0.1) is 29.5 Å². The van der Waals surface area contributed by atoms with E-state index in [1.165, 1.54) is 0 Å². The highest BCUT2D eigenvalue weighted by atomic mass is 19.4. The molecule has 6 nitrogen and oxygen atoms in total. The summed E-state index contributed by atoms with van der Waals surface area (Å²) in [7, 11) is 0. The van der Waals surface area contributed by atoms with Crippen molar-refractivity contribution in [2.75, 3.05) is 13.1 Å². The van der Waals surface area contributed by atoms with Gasteiger partial charge in [-0.05, 0) is 18.2 Å². The Kier molecular flexibility index (Phi) is 4.66. The number of likely N-dealkylation sites (tertiary alicyclic amines) is 1. The maximum absolute atomic E-state index is 12.8. The van der Waals surface area contributed by atoms with Crippen molar-refractivity contribution in [2.24, 2.45) is 0 Å². The van der Waals surface area contributed by atoms with Crippen LogP contribution in [0.5, 0.6) is 5.88 Å². The van der Waals surface area contributed by atoms with Gasteiger partial charge in [0.1, 0.15) is 12.6 Å². The number of para-hydroxylation sites is 2. The van der Waals surface area contributed by atoms with Crippen LogP contribution in [0.3, 0.4) is 0 Å². The van der Waals surface area contributed by atoms with E-state index >= 15 is 0 Å². The number of amides is 1. The Balaban J connectivity index is 1.38. The molecule has 1 unspecified atom stereocenters. The molecule has 1 amide bonds. The molecule has 2 aromatic heterocycles. The largest absolute Gasteiger partial charge is 0.472 e. The summed E-state index contributed by atoms with van der Waals surface area (Å²) in [5.41, 5.74) is 0.875. The van der Waals surface area contributed by atoms with Gasteiger partial charge in [-0.3, -0.25) is 4.79 Å². The second kappa shape index (κ2) is 7.14. The molecule has 1 fully saturated rings. The molecule has 9 heteroatoms. The van der Waals surface area contributed by atoms with Gasteiger partial charge in [0.2, 0.25) is 11.8 Å². The Bertz CT molecular complexity index is 1000. The van der Waals surface area contributed by atoms with Crippen molar-refractivity contribution in [3.05, 3.63) is 54.5 Å². The van der Waals surface area contributed by atoms with Crippen LogP contribution in [0.15, 0.2) is 48.9 Å². The van der Waals surface area contributed by atoms with Gasteiger partial charge < -0.3 is 14.2 Å². The highest BCUT2D eigenvalue weighted by Crippen LogP contribution is 2.31. The molecule has 0 spiro atoms. The summed E-state index contributed by atoms with van der Waals surface area (Å²) in [5.74, 6) is -0.180. The first kappa shape index (κ1) is 18.3. The van der Waals surface area contributed by atoms with Crippen LogP contribution in [-0.4, -0.2) is 44.5 Å². The lowest BCUT2D eigenvalue weighted by atomic mass is 10.2. The smallest absolute Gasteiger partial charge is 0.416 e. The number of hydrogen-bond acceptors (Lipinski definition) is 4. The highest BCUT2D eigenvalue weighted by molar-refractivity contribution is 5.80. The number of alkyl halides is 3. The van der Waals surface area contributed by atoms with Crippen LogP contribution in [0, 0.1) is 0 Å². The summed E-state index contributed by atoms with van der Waals surface area (Å²) in [5, 5.41) is 0. The van der Waals surface area contributed by atoms with E-state index < -0.39 is 11.7 Å². The number of aromatic nitrogens is 3. The number of pyridine rings is 1. The monoisotopic (exact) mass is 390 g/mol. The average Bonchev–Trinajstić information content (AvgIpc) is 3.29. The molecular weight excluding hydrogens is 373 g/mol. The van der Waals surface area contributed by atoms with Crippen molar-refractivity contribution in [3.8, 4) is 5.88 Å². The van der Waals surface area contributed by atoms with Gasteiger partial charge in [0.15, 0.2) is 0 Å². The van der Waals surface area contributed by atoms with E-state index in [4.69, 9.17) is 4.74 Å². The molecule has 1 saturated heterocycles. The molecule has 28 heavy (non-hydrogen) atoms. The predicted molar refractivity (Wildman–Crippen MR) is 94.6 cm³/mol. The molecule has 0 aliphatic carbocycles. The predicted octanol–water partition coefficient (Wildman–Crippen LogP) is 3.13. The third kappa shape index (κ3) is 3.78. The zero-order valence-electron chi connectivity index (χ0n) is 14.8. The topological polar surface area (TPSA) is 60.2 Å². The maximum Gasteiger partial charge on any atom is 0.416 e. The minimum absolute atomic E-state index is 0.0882. The van der Waals surface area contributed by atoms with E-state index in [2.05, 4.69) is 9.97 Å². The Labute approximate surface area is 158 Å². The molecule has 4 rings (SSSR count). The molecule has 3 heterocycles. The molecule has 146 valence electrons. The van der Waals surface area contributed by atoms with E-state index in [0.29, 0.717) is 19.5 Å². The summed E-state index contributed by atoms with van der Waals surface area (Å²) in [6, 6.07) is 9.30. The van der Waals surface area contributed by atoms with E-state index in [0.717, 1.165) is 29.4 Å². The zero-order chi connectivity index (χ0) is 19.7. The fourth-order valence-electron chi connectivity index (χ4n) is 3.25. The Morgan fingerprint density at radius 1 is 1.21 bits per heavy atom. The summed E-state index contributed by atoms with van der Waals surface area (Å²) in [4.78, 5) is 22.4. The average molecular weight is 390 g/mol. The standard InChI is InChI=1S/C19H17F3N4O2/c20-19(21,22)13-5-7-23-17(9-13)28-14-6-8-25(10-14)18(27)11-26-12-24-15-3-1-2-4-16(15)26/h1-5,7,9,12,14H,6,8,10-11H2. The minimum Gasteiger partial charge on any atom is -0.472 e. The van der Waals surface area contributed by atoms with Gasteiger partial charge in [-0.1, -0.05) is 12.1 Å². The number of carbonyl (C=O) groups is 1.